The Morgan fingerprint density at radius 3 is 0.756 bits per heavy atom. The third kappa shape index (κ3) is 55.8. The van der Waals surface area contributed by atoms with Gasteiger partial charge in [-0.15, -0.1) is 18.3 Å². The minimum Gasteiger partial charge on any atom is -0.508 e. The van der Waals surface area contributed by atoms with Crippen molar-refractivity contribution in [3.63, 3.8) is 0 Å². The molecule has 6 rings (SSSR count). The molecule has 1 aliphatic rings. The van der Waals surface area contributed by atoms with Crippen LogP contribution in [-0.2, 0) is 47.7 Å². The summed E-state index contributed by atoms with van der Waals surface area (Å²) in [6.07, 6.45) is 23.3. The van der Waals surface area contributed by atoms with Gasteiger partial charge in [0, 0.05) is 12.3 Å². The van der Waals surface area contributed by atoms with Gasteiger partial charge in [-0.25, -0.2) is 0 Å². The number of phenols is 5. The third-order valence-corrected chi connectivity index (χ3v) is 23.5. The van der Waals surface area contributed by atoms with E-state index in [4.69, 9.17) is 55.6 Å². The number of aromatic hydroxyl groups is 5. The van der Waals surface area contributed by atoms with Gasteiger partial charge in [-0.1, -0.05) is 239 Å². The van der Waals surface area contributed by atoms with E-state index < -0.39 is 55.1 Å². The van der Waals surface area contributed by atoms with Crippen LogP contribution in [0.5, 0.6) is 28.7 Å². The molecule has 1 fully saturated rings. The summed E-state index contributed by atoms with van der Waals surface area (Å²) in [7, 11) is 0. The molecule has 131 heavy (non-hydrogen) atoms. The van der Waals surface area contributed by atoms with Crippen LogP contribution in [0.3, 0.4) is 0 Å². The third-order valence-electron chi connectivity index (χ3n) is 23.5. The molecule has 15 nitrogen and oxygen atoms in total. The zero-order valence-corrected chi connectivity index (χ0v) is 88.5. The van der Waals surface area contributed by atoms with Crippen LogP contribution in [0.2, 0.25) is 0 Å². The predicted molar refractivity (Wildman–Crippen MR) is 548 cm³/mol. The molecule has 0 aromatic heterocycles. The van der Waals surface area contributed by atoms with Crippen molar-refractivity contribution in [1.29, 1.82) is 0 Å². The molecule has 0 saturated heterocycles. The summed E-state index contributed by atoms with van der Waals surface area (Å²) in [5, 5.41) is 45.1. The molecule has 0 radical (unpaired) electrons. The van der Waals surface area contributed by atoms with E-state index in [0.29, 0.717) is 64.3 Å². The smallest absolute Gasteiger partial charge is 0.313 e. The molecule has 6 atom stereocenters. The SMILES string of the molecule is C#CC(C)(C)OC(=O)C(C)(C)CC.C=CC(C)(C#CC)OC(=O)C(C)(C)CC.CC#CC(C)(C)OC(=O)C(C)(C)CC.CCC#CC(C)(C)OC(=O)C(C)(C)CC.CCC(C)(C)C(=O)OC(C)(C)C#CC1CCCCC1.CCC(C)c1ccc(O)cc1.CCC(C)c1ccc(O)cc1.CCC(C)c1ccc(O)cc1.CCC(C)c1ccc(O)cc1.CCC(C)c1ccc(O)cc1. The first-order chi connectivity index (χ1) is 60.5. The number of ether oxygens (including phenoxy) is 5. The molecule has 0 bridgehead atoms. The average molecular weight is 1810 g/mol. The molecule has 5 aromatic rings. The Morgan fingerprint density at radius 2 is 0.557 bits per heavy atom. The van der Waals surface area contributed by atoms with Crippen molar-refractivity contribution in [2.24, 2.45) is 33.0 Å². The van der Waals surface area contributed by atoms with E-state index in [1.807, 2.05) is 199 Å². The number of esters is 5. The van der Waals surface area contributed by atoms with Crippen molar-refractivity contribution in [3.05, 3.63) is 162 Å². The van der Waals surface area contributed by atoms with E-state index in [2.05, 4.69) is 129 Å². The number of carbonyl (C=O) groups excluding carboxylic acids is 5. The van der Waals surface area contributed by atoms with Gasteiger partial charge in [0.25, 0.3) is 0 Å². The zero-order chi connectivity index (χ0) is 102. The maximum atomic E-state index is 12.1. The van der Waals surface area contributed by atoms with Crippen molar-refractivity contribution in [1.82, 2.24) is 0 Å². The van der Waals surface area contributed by atoms with Crippen LogP contribution >= 0.6 is 0 Å². The molecule has 0 spiro atoms. The molecule has 15 heteroatoms. The number of terminal acetylenes is 1. The lowest BCUT2D eigenvalue weighted by Gasteiger charge is -2.27. The number of rotatable bonds is 26. The lowest BCUT2D eigenvalue weighted by atomic mass is 9.89. The zero-order valence-electron chi connectivity index (χ0n) is 88.5. The van der Waals surface area contributed by atoms with Gasteiger partial charge in [0.15, 0.2) is 28.0 Å². The number of hydrogen-bond donors (Lipinski definition) is 5. The van der Waals surface area contributed by atoms with Gasteiger partial charge in [-0.05, 0) is 347 Å². The molecule has 0 amide bonds. The molecule has 6 unspecified atom stereocenters. The minimum absolute atomic E-state index is 0.155. The number of phenolic OH excluding ortho intramolecular Hbond substituents is 5. The maximum Gasteiger partial charge on any atom is 0.313 e. The molecule has 5 aromatic carbocycles. The fourth-order valence-electron chi connectivity index (χ4n) is 10.3. The number of benzene rings is 5. The Labute approximate surface area is 798 Å². The first-order valence-electron chi connectivity index (χ1n) is 47.6. The quantitative estimate of drug-likeness (QED) is 0.0150. The van der Waals surface area contributed by atoms with E-state index in [-0.39, 0.29) is 29.8 Å². The molecule has 5 N–H and O–H groups in total. The van der Waals surface area contributed by atoms with Crippen LogP contribution in [0, 0.1) is 92.7 Å². The fourth-order valence-corrected chi connectivity index (χ4v) is 10.3. The topological polar surface area (TPSA) is 233 Å². The summed E-state index contributed by atoms with van der Waals surface area (Å²) >= 11 is 0. The molecule has 1 aliphatic carbocycles. The summed E-state index contributed by atoms with van der Waals surface area (Å²) in [6.45, 7) is 75.6. The Bertz CT molecular complexity index is 4080. The summed E-state index contributed by atoms with van der Waals surface area (Å²) in [6, 6.07) is 37.1. The van der Waals surface area contributed by atoms with E-state index in [0.717, 1.165) is 70.6 Å². The molecular weight excluding hydrogens is 1630 g/mol. The molecular formula is C116H178O15. The lowest BCUT2D eigenvalue weighted by molar-refractivity contribution is -0.163. The number of hydrogen-bond acceptors (Lipinski definition) is 15. The summed E-state index contributed by atoms with van der Waals surface area (Å²) in [4.78, 5) is 58.9. The first kappa shape index (κ1) is 127. The van der Waals surface area contributed by atoms with Gasteiger partial charge in [-0.3, -0.25) is 24.0 Å². The van der Waals surface area contributed by atoms with Crippen molar-refractivity contribution >= 4 is 29.8 Å². The highest BCUT2D eigenvalue weighted by atomic mass is 16.6. The van der Waals surface area contributed by atoms with Crippen molar-refractivity contribution in [2.75, 3.05) is 0 Å². The monoisotopic (exact) mass is 1810 g/mol. The molecule has 732 valence electrons. The lowest BCUT2D eigenvalue weighted by Crippen LogP contribution is -2.35. The van der Waals surface area contributed by atoms with Gasteiger partial charge < -0.3 is 49.2 Å². The van der Waals surface area contributed by atoms with Gasteiger partial charge in [0.05, 0.1) is 27.1 Å². The van der Waals surface area contributed by atoms with Crippen LogP contribution in [0.15, 0.2) is 134 Å². The van der Waals surface area contributed by atoms with Crippen LogP contribution in [0.1, 0.15) is 416 Å². The second-order valence-electron chi connectivity index (χ2n) is 39.1. The molecule has 1 saturated carbocycles. The Hall–Kier alpha value is -10.0. The van der Waals surface area contributed by atoms with E-state index in [1.165, 1.54) is 59.9 Å². The van der Waals surface area contributed by atoms with Gasteiger partial charge in [0.2, 0.25) is 0 Å². The normalized spacial score (nSPS) is 13.4. The standard InChI is InChI=1S/C17H28O2.C13H22O2.C13H20O2.C12H20O2.C11H18O2.5C10H14O/c1-6-16(2,3)15(18)19-17(4,5)13-12-14-10-8-7-9-11-14;1-7-9-10-13(5,6)15-11(14)12(3,4)8-2;1-7-10-13(6,9-3)15-11(14)12(4,5)8-2;1-7-9-12(5,6)14-10(13)11(3,4)8-2;1-7-10(3,4)9(12)13-11(5,6)8-2;5*1-3-8(2)9-4-6-10(11)7-5-9/h14H,6-11H2,1-5H3;7-8H2,1-6H3;9H,3,8H2,1-2,4-6H3;8H2,1-6H3;2H,7H2,1,3-6H3;5*4-8,11H,3H2,1-2H3. The minimum atomic E-state index is -0.877. The Balaban J connectivity index is -0.000000687. The largest absolute Gasteiger partial charge is 0.508 e. The second-order valence-corrected chi connectivity index (χ2v) is 39.1. The highest BCUT2D eigenvalue weighted by Gasteiger charge is 2.37. The van der Waals surface area contributed by atoms with Gasteiger partial charge in [0.1, 0.15) is 28.7 Å². The Kier molecular flexibility index (Phi) is 61.4. The van der Waals surface area contributed by atoms with Crippen molar-refractivity contribution in [2.45, 2.75) is 417 Å². The highest BCUT2D eigenvalue weighted by Crippen LogP contribution is 2.33. The van der Waals surface area contributed by atoms with E-state index in [9.17, 15) is 24.0 Å². The van der Waals surface area contributed by atoms with Crippen LogP contribution in [0.4, 0.5) is 0 Å². The van der Waals surface area contributed by atoms with Crippen LogP contribution < -0.4 is 0 Å². The second kappa shape index (κ2) is 63.2. The summed E-state index contributed by atoms with van der Waals surface area (Å²) in [5.74, 6) is 30.1. The van der Waals surface area contributed by atoms with Crippen molar-refractivity contribution < 1.29 is 73.2 Å². The number of carbonyl (C=O) groups is 5. The van der Waals surface area contributed by atoms with Gasteiger partial charge >= 0.3 is 29.8 Å². The molecule has 0 heterocycles. The van der Waals surface area contributed by atoms with E-state index in [1.54, 1.807) is 115 Å². The summed E-state index contributed by atoms with van der Waals surface area (Å²) in [5.41, 5.74) is 0.562. The predicted octanol–water partition coefficient (Wildman–Crippen LogP) is 30.1. The highest BCUT2D eigenvalue weighted by molar-refractivity contribution is 5.79. The van der Waals surface area contributed by atoms with Crippen LogP contribution in [0.25, 0.3) is 0 Å². The molecule has 0 aliphatic heterocycles. The Morgan fingerprint density at radius 1 is 0.344 bits per heavy atom. The average Bonchev–Trinajstić information content (AvgIpc) is 0.879. The van der Waals surface area contributed by atoms with Crippen molar-refractivity contribution in [3.8, 4) is 88.5 Å². The van der Waals surface area contributed by atoms with Gasteiger partial charge in [-0.2, -0.15) is 0 Å². The summed E-state index contributed by atoms with van der Waals surface area (Å²) < 4.78 is 26.8. The van der Waals surface area contributed by atoms with Crippen LogP contribution in [-0.4, -0.2) is 83.4 Å². The fraction of sp³-hybridized carbons (Fsp3) is 0.595. The van der Waals surface area contributed by atoms with E-state index >= 15 is 0 Å². The first-order valence-corrected chi connectivity index (χ1v) is 47.6. The maximum absolute atomic E-state index is 12.1.